The normalized spacial score (nSPS) is 13.4. The van der Waals surface area contributed by atoms with Gasteiger partial charge < -0.3 is 10.8 Å². The molecule has 0 aliphatic carbocycles. The molecule has 0 bridgehead atoms. The molecule has 3 N–H and O–H groups in total. The van der Waals surface area contributed by atoms with E-state index in [1.165, 1.54) is 0 Å². The fraction of sp³-hybridized carbons (Fsp3) is 0.571. The zero-order valence-electron chi connectivity index (χ0n) is 6.57. The highest BCUT2D eigenvalue weighted by Crippen LogP contribution is 1.96. The molecule has 0 saturated carbocycles. The molecule has 1 unspecified atom stereocenters. The second-order valence-electron chi connectivity index (χ2n) is 2.54. The Morgan fingerprint density at radius 3 is 3.00 bits per heavy atom. The number of nitrogens with zero attached hydrogens (tertiary/aromatic N) is 2. The summed E-state index contributed by atoms with van der Waals surface area (Å²) in [5.74, 6) is 0. The third-order valence-electron chi connectivity index (χ3n) is 1.58. The Balaban J connectivity index is 2.56. The molecule has 0 saturated heterocycles. The Kier molecular flexibility index (Phi) is 2.62. The average molecular weight is 155 g/mol. The van der Waals surface area contributed by atoms with Gasteiger partial charge in [0.1, 0.15) is 0 Å². The molecule has 1 heterocycles. The van der Waals surface area contributed by atoms with E-state index in [9.17, 15) is 0 Å². The minimum absolute atomic E-state index is 0.277. The molecule has 1 aromatic rings. The lowest BCUT2D eigenvalue weighted by molar-refractivity contribution is 0.156. The van der Waals surface area contributed by atoms with E-state index in [0.717, 1.165) is 5.69 Å². The highest BCUT2D eigenvalue weighted by atomic mass is 16.3. The largest absolute Gasteiger partial charge is 0.390 e. The molecule has 11 heavy (non-hydrogen) atoms. The summed E-state index contributed by atoms with van der Waals surface area (Å²) in [4.78, 5) is 0. The molecule has 0 radical (unpaired) electrons. The van der Waals surface area contributed by atoms with Gasteiger partial charge >= 0.3 is 0 Å². The molecule has 0 aromatic carbocycles. The van der Waals surface area contributed by atoms with Gasteiger partial charge in [-0.2, -0.15) is 5.10 Å². The fourth-order valence-electron chi connectivity index (χ4n) is 0.864. The van der Waals surface area contributed by atoms with E-state index in [1.54, 1.807) is 10.9 Å². The molecule has 0 amide bonds. The van der Waals surface area contributed by atoms with Gasteiger partial charge in [0, 0.05) is 18.4 Å². The predicted octanol–water partition coefficient (Wildman–Crippen LogP) is -0.489. The van der Waals surface area contributed by atoms with Gasteiger partial charge in [0.05, 0.1) is 12.6 Å². The van der Waals surface area contributed by atoms with Crippen molar-refractivity contribution in [3.63, 3.8) is 0 Å². The van der Waals surface area contributed by atoms with Crippen molar-refractivity contribution in [3.05, 3.63) is 18.0 Å². The molecule has 62 valence electrons. The maximum Gasteiger partial charge on any atom is 0.0858 e. The van der Waals surface area contributed by atoms with E-state index in [1.807, 2.05) is 13.0 Å². The van der Waals surface area contributed by atoms with Crippen LogP contribution in [0.5, 0.6) is 0 Å². The van der Waals surface area contributed by atoms with Crippen LogP contribution in [0.25, 0.3) is 0 Å². The summed E-state index contributed by atoms with van der Waals surface area (Å²) in [5.41, 5.74) is 6.29. The van der Waals surface area contributed by atoms with Crippen LogP contribution in [0.1, 0.15) is 5.69 Å². The molecular formula is C7H13N3O. The number of hydrogen-bond donors (Lipinski definition) is 2. The van der Waals surface area contributed by atoms with E-state index in [4.69, 9.17) is 10.8 Å². The van der Waals surface area contributed by atoms with Crippen molar-refractivity contribution in [2.75, 3.05) is 6.54 Å². The average Bonchev–Trinajstić information content (AvgIpc) is 2.37. The Labute approximate surface area is 65.6 Å². The third-order valence-corrected chi connectivity index (χ3v) is 1.58. The van der Waals surface area contributed by atoms with Crippen molar-refractivity contribution in [2.45, 2.75) is 19.6 Å². The van der Waals surface area contributed by atoms with Crippen LogP contribution in [0.15, 0.2) is 12.3 Å². The minimum atomic E-state index is -0.492. The third kappa shape index (κ3) is 2.03. The van der Waals surface area contributed by atoms with Crippen molar-refractivity contribution in [1.82, 2.24) is 9.78 Å². The molecule has 0 spiro atoms. The summed E-state index contributed by atoms with van der Waals surface area (Å²) < 4.78 is 1.73. The summed E-state index contributed by atoms with van der Waals surface area (Å²) in [5, 5.41) is 13.2. The van der Waals surface area contributed by atoms with Crippen molar-refractivity contribution < 1.29 is 5.11 Å². The molecule has 1 rings (SSSR count). The molecule has 1 aromatic heterocycles. The Bertz CT molecular complexity index is 221. The first-order chi connectivity index (χ1) is 5.24. The first kappa shape index (κ1) is 8.23. The summed E-state index contributed by atoms with van der Waals surface area (Å²) in [7, 11) is 0. The highest BCUT2D eigenvalue weighted by Gasteiger charge is 2.03. The Morgan fingerprint density at radius 2 is 2.55 bits per heavy atom. The quantitative estimate of drug-likeness (QED) is 0.619. The van der Waals surface area contributed by atoms with Crippen molar-refractivity contribution >= 4 is 0 Å². The Hall–Kier alpha value is -0.870. The monoisotopic (exact) mass is 155 g/mol. The Morgan fingerprint density at radius 1 is 1.82 bits per heavy atom. The van der Waals surface area contributed by atoms with Gasteiger partial charge in [-0.15, -0.1) is 0 Å². The summed E-state index contributed by atoms with van der Waals surface area (Å²) in [6.45, 7) is 2.70. The van der Waals surface area contributed by atoms with Crippen LogP contribution in [0.4, 0.5) is 0 Å². The number of aromatic nitrogens is 2. The van der Waals surface area contributed by atoms with E-state index in [2.05, 4.69) is 5.10 Å². The van der Waals surface area contributed by atoms with E-state index < -0.39 is 6.10 Å². The molecular weight excluding hydrogens is 142 g/mol. The molecule has 0 aliphatic heterocycles. The van der Waals surface area contributed by atoms with E-state index in [-0.39, 0.29) is 6.54 Å². The van der Waals surface area contributed by atoms with E-state index in [0.29, 0.717) is 6.54 Å². The molecule has 4 heteroatoms. The smallest absolute Gasteiger partial charge is 0.0858 e. The van der Waals surface area contributed by atoms with Gasteiger partial charge in [-0.3, -0.25) is 4.68 Å². The lowest BCUT2D eigenvalue weighted by atomic mass is 10.3. The van der Waals surface area contributed by atoms with Crippen molar-refractivity contribution in [3.8, 4) is 0 Å². The summed E-state index contributed by atoms with van der Waals surface area (Å²) in [6.07, 6.45) is 1.21. The van der Waals surface area contributed by atoms with Gasteiger partial charge in [-0.05, 0) is 13.0 Å². The topological polar surface area (TPSA) is 64.1 Å². The first-order valence-corrected chi connectivity index (χ1v) is 3.60. The van der Waals surface area contributed by atoms with Crippen LogP contribution in [-0.2, 0) is 6.54 Å². The molecule has 0 aliphatic rings. The van der Waals surface area contributed by atoms with Crippen molar-refractivity contribution in [1.29, 1.82) is 0 Å². The van der Waals surface area contributed by atoms with E-state index >= 15 is 0 Å². The number of nitrogens with two attached hydrogens (primary N) is 1. The van der Waals surface area contributed by atoms with Gasteiger partial charge in [0.25, 0.3) is 0 Å². The van der Waals surface area contributed by atoms with Crippen LogP contribution < -0.4 is 5.73 Å². The SMILES string of the molecule is Cc1ccnn1CC(O)CN. The van der Waals surface area contributed by atoms with Gasteiger partial charge in [0.15, 0.2) is 0 Å². The second-order valence-corrected chi connectivity index (χ2v) is 2.54. The highest BCUT2D eigenvalue weighted by molar-refractivity contribution is 4.96. The summed E-state index contributed by atoms with van der Waals surface area (Å²) >= 11 is 0. The lowest BCUT2D eigenvalue weighted by Gasteiger charge is -2.08. The standard InChI is InChI=1S/C7H13N3O/c1-6-2-3-9-10(6)5-7(11)4-8/h2-3,7,11H,4-5,8H2,1H3. The number of aliphatic hydroxyl groups excluding tert-OH is 1. The van der Waals surface area contributed by atoms with Crippen LogP contribution in [0.2, 0.25) is 0 Å². The van der Waals surface area contributed by atoms with Gasteiger partial charge in [0.2, 0.25) is 0 Å². The van der Waals surface area contributed by atoms with Crippen molar-refractivity contribution in [2.24, 2.45) is 5.73 Å². The number of aliphatic hydroxyl groups is 1. The van der Waals surface area contributed by atoms with Gasteiger partial charge in [-0.25, -0.2) is 0 Å². The second kappa shape index (κ2) is 3.50. The molecule has 0 fully saturated rings. The maximum absolute atomic E-state index is 9.17. The van der Waals surface area contributed by atoms with Crippen LogP contribution >= 0.6 is 0 Å². The van der Waals surface area contributed by atoms with Gasteiger partial charge in [-0.1, -0.05) is 0 Å². The zero-order chi connectivity index (χ0) is 8.27. The maximum atomic E-state index is 9.17. The predicted molar refractivity (Wildman–Crippen MR) is 42.0 cm³/mol. The summed E-state index contributed by atoms with van der Waals surface area (Å²) in [6, 6.07) is 1.89. The number of aryl methyl sites for hydroxylation is 1. The van der Waals surface area contributed by atoms with Crippen LogP contribution in [0, 0.1) is 6.92 Å². The van der Waals surface area contributed by atoms with Crippen LogP contribution in [0.3, 0.4) is 0 Å². The molecule has 1 atom stereocenters. The molecule has 4 nitrogen and oxygen atoms in total. The number of rotatable bonds is 3. The van der Waals surface area contributed by atoms with Crippen LogP contribution in [-0.4, -0.2) is 27.5 Å². The minimum Gasteiger partial charge on any atom is -0.390 e. The first-order valence-electron chi connectivity index (χ1n) is 3.60. The number of hydrogen-bond acceptors (Lipinski definition) is 3. The zero-order valence-corrected chi connectivity index (χ0v) is 6.57. The lowest BCUT2D eigenvalue weighted by Crippen LogP contribution is -2.26. The fourth-order valence-corrected chi connectivity index (χ4v) is 0.864.